The Morgan fingerprint density at radius 3 is 2.73 bits per heavy atom. The van der Waals surface area contributed by atoms with Crippen molar-refractivity contribution in [3.05, 3.63) is 39.7 Å². The molecule has 1 saturated carbocycles. The van der Waals surface area contributed by atoms with Crippen LogP contribution in [-0.2, 0) is 17.6 Å². The van der Waals surface area contributed by atoms with Crippen molar-refractivity contribution in [1.82, 2.24) is 0 Å². The zero-order valence-corrected chi connectivity index (χ0v) is 12.4. The first kappa shape index (κ1) is 13.6. The minimum atomic E-state index is -0.354. The van der Waals surface area contributed by atoms with E-state index in [1.165, 1.54) is 0 Å². The van der Waals surface area contributed by atoms with E-state index in [-0.39, 0.29) is 17.5 Å². The molecule has 0 bridgehead atoms. The molecule has 0 aliphatic heterocycles. The summed E-state index contributed by atoms with van der Waals surface area (Å²) in [6.07, 6.45) is 5.73. The van der Waals surface area contributed by atoms with Crippen LogP contribution in [0.2, 0.25) is 0 Å². The van der Waals surface area contributed by atoms with Gasteiger partial charge in [-0.05, 0) is 56.2 Å². The summed E-state index contributed by atoms with van der Waals surface area (Å²) in [6.45, 7) is 0. The molecule has 0 spiro atoms. The van der Waals surface area contributed by atoms with Gasteiger partial charge in [0.15, 0.2) is 11.9 Å². The van der Waals surface area contributed by atoms with Gasteiger partial charge in [-0.1, -0.05) is 0 Å². The van der Waals surface area contributed by atoms with Gasteiger partial charge in [0.25, 0.3) is 0 Å². The predicted octanol–water partition coefficient (Wildman–Crippen LogP) is 3.17. The first-order valence-corrected chi connectivity index (χ1v) is 8.00. The molecule has 1 atom stereocenters. The number of carbonyl (C=O) groups is 1. The highest BCUT2D eigenvalue weighted by Crippen LogP contribution is 2.30. The van der Waals surface area contributed by atoms with Gasteiger partial charge in [0.1, 0.15) is 11.3 Å². The smallest absolute Gasteiger partial charge is 0.339 e. The topological polar surface area (TPSA) is 56.5 Å². The molecule has 0 saturated heterocycles. The molecule has 4 nitrogen and oxygen atoms in total. The number of rotatable bonds is 2. The molecule has 0 N–H and O–H groups in total. The quantitative estimate of drug-likeness (QED) is 0.799. The molecule has 1 heterocycles. The van der Waals surface area contributed by atoms with E-state index in [1.807, 2.05) is 12.1 Å². The van der Waals surface area contributed by atoms with Crippen LogP contribution < -0.4 is 10.4 Å². The summed E-state index contributed by atoms with van der Waals surface area (Å²) in [4.78, 5) is 23.9. The van der Waals surface area contributed by atoms with Crippen molar-refractivity contribution >= 4 is 16.8 Å². The monoisotopic (exact) mass is 298 g/mol. The number of hydrogen-bond acceptors (Lipinski definition) is 4. The number of carbonyl (C=O) groups excluding carboxylic acids is 1. The lowest BCUT2D eigenvalue weighted by Gasteiger charge is -2.21. The second-order valence-electron chi connectivity index (χ2n) is 6.18. The lowest BCUT2D eigenvalue weighted by molar-refractivity contribution is -0.127. The van der Waals surface area contributed by atoms with Gasteiger partial charge in [-0.15, -0.1) is 0 Å². The fraction of sp³-hybridized carbons (Fsp3) is 0.444. The van der Waals surface area contributed by atoms with Gasteiger partial charge < -0.3 is 9.15 Å². The standard InChI is InChI=1S/C18H18O4/c19-15-6-1-2-7-16(15)21-11-8-9-13-12-4-3-5-14(12)18(20)22-17(13)10-11/h8-10,16H,1-7H2. The fourth-order valence-electron chi connectivity index (χ4n) is 3.58. The van der Waals surface area contributed by atoms with Crippen LogP contribution in [0.1, 0.15) is 43.2 Å². The van der Waals surface area contributed by atoms with Crippen LogP contribution in [0.4, 0.5) is 0 Å². The maximum absolute atomic E-state index is 12.0. The Morgan fingerprint density at radius 1 is 1.00 bits per heavy atom. The van der Waals surface area contributed by atoms with E-state index in [0.29, 0.717) is 17.8 Å². The molecule has 2 aliphatic carbocycles. The first-order chi connectivity index (χ1) is 10.7. The molecular formula is C18H18O4. The molecule has 2 aromatic rings. The van der Waals surface area contributed by atoms with Crippen LogP contribution in [-0.4, -0.2) is 11.9 Å². The first-order valence-electron chi connectivity index (χ1n) is 8.00. The van der Waals surface area contributed by atoms with Crippen LogP contribution in [0, 0.1) is 0 Å². The Morgan fingerprint density at radius 2 is 1.86 bits per heavy atom. The SMILES string of the molecule is O=C1CCCCC1Oc1ccc2c3c(c(=O)oc2c1)CCC3. The summed E-state index contributed by atoms with van der Waals surface area (Å²) in [6, 6.07) is 5.57. The van der Waals surface area contributed by atoms with Crippen LogP contribution in [0.15, 0.2) is 27.4 Å². The van der Waals surface area contributed by atoms with E-state index in [2.05, 4.69) is 0 Å². The highest BCUT2D eigenvalue weighted by atomic mass is 16.5. The average Bonchev–Trinajstić information content (AvgIpc) is 3.00. The minimum Gasteiger partial charge on any atom is -0.483 e. The van der Waals surface area contributed by atoms with Gasteiger partial charge in [-0.3, -0.25) is 4.79 Å². The van der Waals surface area contributed by atoms with E-state index >= 15 is 0 Å². The molecule has 1 fully saturated rings. The lowest BCUT2D eigenvalue weighted by Crippen LogP contribution is -2.30. The molecular weight excluding hydrogens is 280 g/mol. The molecule has 1 aromatic heterocycles. The number of ether oxygens (including phenoxy) is 1. The van der Waals surface area contributed by atoms with Crippen molar-refractivity contribution in [3.63, 3.8) is 0 Å². The third-order valence-electron chi connectivity index (χ3n) is 4.72. The van der Waals surface area contributed by atoms with Crippen molar-refractivity contribution < 1.29 is 13.9 Å². The number of ketones is 1. The lowest BCUT2D eigenvalue weighted by atomic mass is 9.96. The summed E-state index contributed by atoms with van der Waals surface area (Å²) < 4.78 is 11.3. The van der Waals surface area contributed by atoms with Gasteiger partial charge in [0, 0.05) is 23.4 Å². The summed E-state index contributed by atoms with van der Waals surface area (Å²) in [5.74, 6) is 0.774. The number of hydrogen-bond donors (Lipinski definition) is 0. The third-order valence-corrected chi connectivity index (χ3v) is 4.72. The molecule has 4 heteroatoms. The van der Waals surface area contributed by atoms with E-state index in [9.17, 15) is 9.59 Å². The van der Waals surface area contributed by atoms with Crippen LogP contribution in [0.25, 0.3) is 11.0 Å². The summed E-state index contributed by atoms with van der Waals surface area (Å²) in [5.41, 5.74) is 2.27. The molecule has 4 rings (SSSR count). The Bertz CT molecular complexity index is 803. The molecule has 114 valence electrons. The predicted molar refractivity (Wildman–Crippen MR) is 82.4 cm³/mol. The Hall–Kier alpha value is -2.10. The minimum absolute atomic E-state index is 0.168. The Kier molecular flexibility index (Phi) is 3.25. The van der Waals surface area contributed by atoms with E-state index in [4.69, 9.17) is 9.15 Å². The maximum atomic E-state index is 12.0. The summed E-state index contributed by atoms with van der Waals surface area (Å²) in [5, 5.41) is 0.995. The molecule has 1 aromatic carbocycles. The molecule has 22 heavy (non-hydrogen) atoms. The molecule has 0 amide bonds. The average molecular weight is 298 g/mol. The third kappa shape index (κ3) is 2.23. The van der Waals surface area contributed by atoms with Crippen molar-refractivity contribution in [2.75, 3.05) is 0 Å². The normalized spacial score (nSPS) is 21.1. The zero-order valence-electron chi connectivity index (χ0n) is 12.4. The van der Waals surface area contributed by atoms with Crippen molar-refractivity contribution in [2.45, 2.75) is 51.0 Å². The second kappa shape index (κ2) is 5.27. The number of fused-ring (bicyclic) bond motifs is 3. The van der Waals surface area contributed by atoms with E-state index in [1.54, 1.807) is 6.07 Å². The summed E-state index contributed by atoms with van der Waals surface area (Å²) >= 11 is 0. The van der Waals surface area contributed by atoms with Crippen LogP contribution >= 0.6 is 0 Å². The summed E-state index contributed by atoms with van der Waals surface area (Å²) in [7, 11) is 0. The largest absolute Gasteiger partial charge is 0.483 e. The van der Waals surface area contributed by atoms with Gasteiger partial charge in [0.2, 0.25) is 0 Å². The molecule has 1 unspecified atom stereocenters. The van der Waals surface area contributed by atoms with E-state index < -0.39 is 0 Å². The second-order valence-corrected chi connectivity index (χ2v) is 6.18. The molecule has 0 radical (unpaired) electrons. The Labute approximate surface area is 128 Å². The number of benzene rings is 1. The van der Waals surface area contributed by atoms with Gasteiger partial charge in [0.05, 0.1) is 0 Å². The maximum Gasteiger partial charge on any atom is 0.339 e. The van der Waals surface area contributed by atoms with Crippen molar-refractivity contribution in [2.24, 2.45) is 0 Å². The highest BCUT2D eigenvalue weighted by Gasteiger charge is 2.24. The number of Topliss-reactive ketones (excluding diaryl/α,β-unsaturated/α-hetero) is 1. The van der Waals surface area contributed by atoms with Gasteiger partial charge in [-0.2, -0.15) is 0 Å². The van der Waals surface area contributed by atoms with Gasteiger partial charge in [-0.25, -0.2) is 4.79 Å². The van der Waals surface area contributed by atoms with Gasteiger partial charge >= 0.3 is 5.63 Å². The van der Waals surface area contributed by atoms with Crippen molar-refractivity contribution in [1.29, 1.82) is 0 Å². The van der Waals surface area contributed by atoms with Crippen molar-refractivity contribution in [3.8, 4) is 5.75 Å². The zero-order chi connectivity index (χ0) is 15.1. The highest BCUT2D eigenvalue weighted by molar-refractivity contribution is 5.85. The van der Waals surface area contributed by atoms with Crippen LogP contribution in [0.3, 0.4) is 0 Å². The van der Waals surface area contributed by atoms with E-state index in [0.717, 1.165) is 55.0 Å². The fourth-order valence-corrected chi connectivity index (χ4v) is 3.58. The Balaban J connectivity index is 1.70. The van der Waals surface area contributed by atoms with Crippen LogP contribution in [0.5, 0.6) is 5.75 Å². The molecule has 2 aliphatic rings. The number of aryl methyl sites for hydroxylation is 1.